The smallest absolute Gasteiger partial charge is 0.195 e. The number of aromatic nitrogens is 3. The molecule has 2 unspecified atom stereocenters. The summed E-state index contributed by atoms with van der Waals surface area (Å²) in [7, 11) is 0. The Balaban J connectivity index is 2.12. The molecule has 2 aromatic rings. The van der Waals surface area contributed by atoms with E-state index < -0.39 is 0 Å². The zero-order chi connectivity index (χ0) is 11.1. The second kappa shape index (κ2) is 3.56. The summed E-state index contributed by atoms with van der Waals surface area (Å²) < 4.78 is 2.88. The van der Waals surface area contributed by atoms with Gasteiger partial charge in [0, 0.05) is 11.6 Å². The average Bonchev–Trinajstić information content (AvgIpc) is 2.88. The van der Waals surface area contributed by atoms with Gasteiger partial charge >= 0.3 is 0 Å². The second-order valence-electron chi connectivity index (χ2n) is 4.37. The Kier molecular flexibility index (Phi) is 2.17. The minimum absolute atomic E-state index is 0.529. The summed E-state index contributed by atoms with van der Waals surface area (Å²) in [4.78, 5) is 0. The zero-order valence-electron chi connectivity index (χ0n) is 9.05. The van der Waals surface area contributed by atoms with Crippen LogP contribution in [0.1, 0.15) is 19.4 Å². The van der Waals surface area contributed by atoms with Crippen LogP contribution in [0.3, 0.4) is 0 Å². The summed E-state index contributed by atoms with van der Waals surface area (Å²) in [5, 5.41) is 7.22. The van der Waals surface area contributed by atoms with Gasteiger partial charge < -0.3 is 0 Å². The van der Waals surface area contributed by atoms with E-state index in [1.165, 1.54) is 6.42 Å². The summed E-state index contributed by atoms with van der Waals surface area (Å²) in [5.74, 6) is 1.67. The monoisotopic (exact) mass is 231 g/mol. The molecule has 1 aromatic carbocycles. The van der Waals surface area contributed by atoms with Gasteiger partial charge in [-0.2, -0.15) is 5.10 Å². The van der Waals surface area contributed by atoms with Crippen LogP contribution in [-0.2, 0) is 0 Å². The summed E-state index contributed by atoms with van der Waals surface area (Å²) in [6.45, 7) is 2.24. The largest absolute Gasteiger partial charge is 0.297 e. The molecule has 3 nitrogen and oxygen atoms in total. The van der Waals surface area contributed by atoms with Crippen LogP contribution < -0.4 is 0 Å². The van der Waals surface area contributed by atoms with Crippen molar-refractivity contribution in [1.29, 1.82) is 0 Å². The van der Waals surface area contributed by atoms with Crippen molar-refractivity contribution in [3.8, 4) is 11.4 Å². The summed E-state index contributed by atoms with van der Waals surface area (Å²) in [5.41, 5.74) is 1.12. The average molecular weight is 231 g/mol. The molecule has 1 aromatic heterocycles. The van der Waals surface area contributed by atoms with E-state index in [4.69, 9.17) is 12.2 Å². The standard InChI is InChI=1S/C12H13N3S/c1-8-7-10(8)15-11(13-14-12(15)16)9-5-3-2-4-6-9/h2-6,8,10H,7H2,1H3,(H,14,16). The summed E-state index contributed by atoms with van der Waals surface area (Å²) in [6.07, 6.45) is 1.20. The van der Waals surface area contributed by atoms with E-state index in [1.54, 1.807) is 0 Å². The molecule has 0 saturated heterocycles. The minimum Gasteiger partial charge on any atom is -0.297 e. The molecule has 0 spiro atoms. The number of nitrogens with one attached hydrogen (secondary N) is 1. The molecule has 1 saturated carbocycles. The van der Waals surface area contributed by atoms with Crippen LogP contribution in [-0.4, -0.2) is 14.8 Å². The summed E-state index contributed by atoms with van der Waals surface area (Å²) >= 11 is 5.29. The Hall–Kier alpha value is -1.42. The van der Waals surface area contributed by atoms with Gasteiger partial charge in [-0.05, 0) is 24.6 Å². The lowest BCUT2D eigenvalue weighted by Crippen LogP contribution is -1.98. The van der Waals surface area contributed by atoms with Gasteiger partial charge in [-0.15, -0.1) is 0 Å². The van der Waals surface area contributed by atoms with E-state index in [9.17, 15) is 0 Å². The van der Waals surface area contributed by atoms with Gasteiger partial charge in [0.2, 0.25) is 0 Å². The van der Waals surface area contributed by atoms with Crippen LogP contribution in [0.2, 0.25) is 0 Å². The lowest BCUT2D eigenvalue weighted by molar-refractivity contribution is 0.681. The number of hydrogen-bond donors (Lipinski definition) is 1. The molecule has 4 heteroatoms. The number of hydrogen-bond acceptors (Lipinski definition) is 2. The fourth-order valence-electron chi connectivity index (χ4n) is 2.07. The molecule has 0 bridgehead atoms. The third-order valence-corrected chi connectivity index (χ3v) is 3.42. The Morgan fingerprint density at radius 2 is 2.06 bits per heavy atom. The molecular weight excluding hydrogens is 218 g/mol. The minimum atomic E-state index is 0.529. The van der Waals surface area contributed by atoms with E-state index >= 15 is 0 Å². The lowest BCUT2D eigenvalue weighted by Gasteiger charge is -2.04. The quantitative estimate of drug-likeness (QED) is 0.805. The van der Waals surface area contributed by atoms with Crippen molar-refractivity contribution >= 4 is 12.2 Å². The van der Waals surface area contributed by atoms with Crippen LogP contribution in [0.15, 0.2) is 30.3 Å². The second-order valence-corrected chi connectivity index (χ2v) is 4.76. The van der Waals surface area contributed by atoms with Crippen LogP contribution in [0.25, 0.3) is 11.4 Å². The highest BCUT2D eigenvalue weighted by Gasteiger charge is 2.36. The van der Waals surface area contributed by atoms with Crippen molar-refractivity contribution in [3.05, 3.63) is 35.1 Å². The van der Waals surface area contributed by atoms with E-state index in [-0.39, 0.29) is 0 Å². The maximum Gasteiger partial charge on any atom is 0.195 e. The van der Waals surface area contributed by atoms with Gasteiger partial charge in [-0.25, -0.2) is 0 Å². The van der Waals surface area contributed by atoms with Gasteiger partial charge in [-0.3, -0.25) is 9.67 Å². The molecule has 1 N–H and O–H groups in total. The van der Waals surface area contributed by atoms with Crippen LogP contribution >= 0.6 is 12.2 Å². The third kappa shape index (κ3) is 1.50. The van der Waals surface area contributed by atoms with Gasteiger partial charge in [0.1, 0.15) is 0 Å². The van der Waals surface area contributed by atoms with Gasteiger partial charge in [0.25, 0.3) is 0 Å². The molecule has 82 valence electrons. The lowest BCUT2D eigenvalue weighted by atomic mass is 10.2. The topological polar surface area (TPSA) is 33.6 Å². The maximum absolute atomic E-state index is 5.29. The van der Waals surface area contributed by atoms with E-state index in [2.05, 4.69) is 33.8 Å². The highest BCUT2D eigenvalue weighted by Crippen LogP contribution is 2.44. The molecular formula is C12H13N3S. The van der Waals surface area contributed by atoms with E-state index in [0.717, 1.165) is 16.2 Å². The summed E-state index contributed by atoms with van der Waals surface area (Å²) in [6, 6.07) is 10.7. The van der Waals surface area contributed by atoms with Gasteiger partial charge in [0.15, 0.2) is 10.6 Å². The molecule has 3 rings (SSSR count). The van der Waals surface area contributed by atoms with Crippen molar-refractivity contribution in [3.63, 3.8) is 0 Å². The molecule has 1 heterocycles. The van der Waals surface area contributed by atoms with Crippen LogP contribution in [0.5, 0.6) is 0 Å². The number of benzene rings is 1. The normalized spacial score (nSPS) is 23.3. The first kappa shape index (κ1) is 9.78. The number of aromatic amines is 1. The zero-order valence-corrected chi connectivity index (χ0v) is 9.87. The van der Waals surface area contributed by atoms with E-state index in [0.29, 0.717) is 12.0 Å². The first-order valence-corrected chi connectivity index (χ1v) is 5.90. The predicted octanol–water partition coefficient (Wildman–Crippen LogP) is 3.19. The van der Waals surface area contributed by atoms with Crippen LogP contribution in [0, 0.1) is 10.7 Å². The molecule has 16 heavy (non-hydrogen) atoms. The molecule has 0 aliphatic heterocycles. The van der Waals surface area contributed by atoms with Crippen molar-refractivity contribution in [2.45, 2.75) is 19.4 Å². The number of nitrogens with zero attached hydrogens (tertiary/aromatic N) is 2. The Morgan fingerprint density at radius 3 is 2.69 bits per heavy atom. The highest BCUT2D eigenvalue weighted by atomic mass is 32.1. The molecule has 0 radical (unpaired) electrons. The van der Waals surface area contributed by atoms with Crippen molar-refractivity contribution in [2.75, 3.05) is 0 Å². The van der Waals surface area contributed by atoms with E-state index in [1.807, 2.05) is 18.2 Å². The first-order valence-electron chi connectivity index (χ1n) is 5.49. The Labute approximate surface area is 99.1 Å². The highest BCUT2D eigenvalue weighted by molar-refractivity contribution is 7.71. The van der Waals surface area contributed by atoms with Gasteiger partial charge in [-0.1, -0.05) is 37.3 Å². The van der Waals surface area contributed by atoms with Gasteiger partial charge in [0.05, 0.1) is 0 Å². The van der Waals surface area contributed by atoms with Crippen molar-refractivity contribution < 1.29 is 0 Å². The number of rotatable bonds is 2. The van der Waals surface area contributed by atoms with Crippen molar-refractivity contribution in [2.24, 2.45) is 5.92 Å². The SMILES string of the molecule is CC1CC1n1c(-c2ccccc2)n[nH]c1=S. The first-order chi connectivity index (χ1) is 7.77. The molecule has 1 aliphatic rings. The molecule has 1 fully saturated rings. The fourth-order valence-corrected chi connectivity index (χ4v) is 2.33. The predicted molar refractivity (Wildman–Crippen MR) is 65.7 cm³/mol. The Morgan fingerprint density at radius 1 is 1.38 bits per heavy atom. The Bertz CT molecular complexity index is 555. The third-order valence-electron chi connectivity index (χ3n) is 3.14. The van der Waals surface area contributed by atoms with Crippen LogP contribution in [0.4, 0.5) is 0 Å². The fraction of sp³-hybridized carbons (Fsp3) is 0.333. The molecule has 1 aliphatic carbocycles. The molecule has 0 amide bonds. The maximum atomic E-state index is 5.29. The number of H-pyrrole nitrogens is 1. The molecule has 2 atom stereocenters. The van der Waals surface area contributed by atoms with Crippen molar-refractivity contribution in [1.82, 2.24) is 14.8 Å².